The van der Waals surface area contributed by atoms with E-state index in [0.717, 1.165) is 12.1 Å². The Labute approximate surface area is 129 Å². The van der Waals surface area contributed by atoms with E-state index in [1.54, 1.807) is 16.7 Å². The highest BCUT2D eigenvalue weighted by Gasteiger charge is 2.53. The maximum atomic E-state index is 12.9. The SMILES string of the molecule is CCN(C(=O)C1CSC2(C)CCC(=O)N12)c1ccccc1. The van der Waals surface area contributed by atoms with E-state index in [0.29, 0.717) is 18.7 Å². The van der Waals surface area contributed by atoms with E-state index in [2.05, 4.69) is 6.92 Å². The molecule has 21 heavy (non-hydrogen) atoms. The number of anilines is 1. The predicted molar refractivity (Wildman–Crippen MR) is 85.2 cm³/mol. The quantitative estimate of drug-likeness (QED) is 0.861. The van der Waals surface area contributed by atoms with E-state index in [1.807, 2.05) is 42.2 Å². The molecule has 0 bridgehead atoms. The summed E-state index contributed by atoms with van der Waals surface area (Å²) in [5.74, 6) is 0.852. The maximum absolute atomic E-state index is 12.9. The maximum Gasteiger partial charge on any atom is 0.250 e. The summed E-state index contributed by atoms with van der Waals surface area (Å²) in [7, 11) is 0. The fraction of sp³-hybridized carbons (Fsp3) is 0.500. The number of benzene rings is 1. The normalized spacial score (nSPS) is 27.8. The molecule has 2 amide bonds. The molecule has 2 fully saturated rings. The van der Waals surface area contributed by atoms with E-state index >= 15 is 0 Å². The number of thioether (sulfide) groups is 1. The Kier molecular flexibility index (Phi) is 3.69. The van der Waals surface area contributed by atoms with Crippen LogP contribution in [0.2, 0.25) is 0 Å². The Bertz CT molecular complexity index is 563. The molecule has 2 aliphatic heterocycles. The molecule has 0 radical (unpaired) electrons. The summed E-state index contributed by atoms with van der Waals surface area (Å²) in [6.45, 7) is 4.66. The number of amides is 2. The van der Waals surface area contributed by atoms with Gasteiger partial charge in [0, 0.05) is 24.4 Å². The summed E-state index contributed by atoms with van der Waals surface area (Å²) in [5, 5.41) is 0. The van der Waals surface area contributed by atoms with Gasteiger partial charge in [0.25, 0.3) is 5.91 Å². The molecule has 3 rings (SSSR count). The Balaban J connectivity index is 1.86. The average molecular weight is 304 g/mol. The summed E-state index contributed by atoms with van der Waals surface area (Å²) in [4.78, 5) is 28.5. The lowest BCUT2D eigenvalue weighted by atomic mass is 10.2. The summed E-state index contributed by atoms with van der Waals surface area (Å²) < 4.78 is 0. The number of hydrogen-bond donors (Lipinski definition) is 0. The van der Waals surface area contributed by atoms with Crippen molar-refractivity contribution in [3.05, 3.63) is 30.3 Å². The number of carbonyl (C=O) groups excluding carboxylic acids is 2. The molecular weight excluding hydrogens is 284 g/mol. The molecule has 2 saturated heterocycles. The molecule has 1 aromatic rings. The molecule has 1 aromatic carbocycles. The Morgan fingerprint density at radius 2 is 2.14 bits per heavy atom. The average Bonchev–Trinajstić information content (AvgIpc) is 2.98. The molecule has 2 heterocycles. The minimum absolute atomic E-state index is 0.0372. The van der Waals surface area contributed by atoms with E-state index in [-0.39, 0.29) is 22.7 Å². The number of hydrogen-bond acceptors (Lipinski definition) is 3. The van der Waals surface area contributed by atoms with Crippen LogP contribution in [0.3, 0.4) is 0 Å². The number of rotatable bonds is 3. The van der Waals surface area contributed by atoms with Crippen molar-refractivity contribution in [3.8, 4) is 0 Å². The van der Waals surface area contributed by atoms with Crippen LogP contribution in [-0.4, -0.2) is 39.9 Å². The lowest BCUT2D eigenvalue weighted by Crippen LogP contribution is -2.51. The van der Waals surface area contributed by atoms with Gasteiger partial charge in [0.1, 0.15) is 6.04 Å². The van der Waals surface area contributed by atoms with Crippen LogP contribution in [0, 0.1) is 0 Å². The van der Waals surface area contributed by atoms with Gasteiger partial charge in [-0.05, 0) is 32.4 Å². The number of likely N-dealkylation sites (N-methyl/N-ethyl adjacent to an activating group) is 1. The first-order valence-corrected chi connectivity index (χ1v) is 8.38. The van der Waals surface area contributed by atoms with Gasteiger partial charge in [-0.25, -0.2) is 0 Å². The molecule has 4 nitrogen and oxygen atoms in total. The van der Waals surface area contributed by atoms with Gasteiger partial charge in [-0.3, -0.25) is 9.59 Å². The van der Waals surface area contributed by atoms with Crippen LogP contribution in [0.5, 0.6) is 0 Å². The van der Waals surface area contributed by atoms with Crippen LogP contribution in [0.1, 0.15) is 26.7 Å². The highest BCUT2D eigenvalue weighted by atomic mass is 32.2. The first kappa shape index (κ1) is 14.4. The highest BCUT2D eigenvalue weighted by Crippen LogP contribution is 2.47. The third kappa shape index (κ3) is 2.33. The Hall–Kier alpha value is -1.49. The number of nitrogens with zero attached hydrogens (tertiary/aromatic N) is 2. The van der Waals surface area contributed by atoms with Crippen molar-refractivity contribution in [2.45, 2.75) is 37.6 Å². The standard InChI is InChI=1S/C16H20N2O2S/c1-3-17(12-7-5-4-6-8-12)15(20)13-11-21-16(2)10-9-14(19)18(13)16/h4-8,13H,3,9-11H2,1-2H3. The zero-order chi connectivity index (χ0) is 15.0. The highest BCUT2D eigenvalue weighted by molar-refractivity contribution is 8.01. The predicted octanol–water partition coefficient (Wildman–Crippen LogP) is 2.49. The molecule has 5 heteroatoms. The van der Waals surface area contributed by atoms with Crippen molar-refractivity contribution in [2.75, 3.05) is 17.2 Å². The van der Waals surface area contributed by atoms with Gasteiger partial charge < -0.3 is 9.80 Å². The summed E-state index contributed by atoms with van der Waals surface area (Å²) in [6, 6.07) is 9.35. The van der Waals surface area contributed by atoms with E-state index in [1.165, 1.54) is 0 Å². The van der Waals surface area contributed by atoms with Crippen LogP contribution in [-0.2, 0) is 9.59 Å². The van der Waals surface area contributed by atoms with Gasteiger partial charge in [-0.2, -0.15) is 0 Å². The molecule has 0 N–H and O–H groups in total. The first-order chi connectivity index (χ1) is 10.1. The van der Waals surface area contributed by atoms with E-state index < -0.39 is 0 Å². The Morgan fingerprint density at radius 1 is 1.43 bits per heavy atom. The van der Waals surface area contributed by atoms with Crippen molar-refractivity contribution in [1.82, 2.24) is 4.90 Å². The van der Waals surface area contributed by atoms with Crippen LogP contribution in [0.25, 0.3) is 0 Å². The molecule has 0 aromatic heterocycles. The van der Waals surface area contributed by atoms with Gasteiger partial charge in [0.15, 0.2) is 0 Å². The van der Waals surface area contributed by atoms with E-state index in [9.17, 15) is 9.59 Å². The van der Waals surface area contributed by atoms with Crippen molar-refractivity contribution < 1.29 is 9.59 Å². The fourth-order valence-corrected chi connectivity index (χ4v) is 4.68. The minimum Gasteiger partial charge on any atom is -0.315 e. The zero-order valence-electron chi connectivity index (χ0n) is 12.4. The second-order valence-electron chi connectivity index (χ2n) is 5.68. The van der Waals surface area contributed by atoms with Gasteiger partial charge in [-0.15, -0.1) is 11.8 Å². The third-order valence-electron chi connectivity index (χ3n) is 4.38. The van der Waals surface area contributed by atoms with Gasteiger partial charge in [0.2, 0.25) is 5.91 Å². The molecule has 112 valence electrons. The van der Waals surface area contributed by atoms with Gasteiger partial charge in [-0.1, -0.05) is 18.2 Å². The second kappa shape index (κ2) is 5.37. The zero-order valence-corrected chi connectivity index (χ0v) is 13.2. The van der Waals surface area contributed by atoms with Crippen LogP contribution in [0.4, 0.5) is 5.69 Å². The molecular formula is C16H20N2O2S. The van der Waals surface area contributed by atoms with Gasteiger partial charge in [0.05, 0.1) is 4.87 Å². The minimum atomic E-state index is -0.324. The first-order valence-electron chi connectivity index (χ1n) is 7.39. The summed E-state index contributed by atoms with van der Waals surface area (Å²) in [6.07, 6.45) is 1.41. The third-order valence-corrected chi connectivity index (χ3v) is 5.89. The molecule has 0 saturated carbocycles. The van der Waals surface area contributed by atoms with Crippen molar-refractivity contribution >= 4 is 29.3 Å². The fourth-order valence-electron chi connectivity index (χ4n) is 3.26. The second-order valence-corrected chi connectivity index (χ2v) is 7.19. The molecule has 2 atom stereocenters. The number of para-hydroxylation sites is 1. The molecule has 0 spiro atoms. The lowest BCUT2D eigenvalue weighted by molar-refractivity contribution is -0.136. The van der Waals surface area contributed by atoms with Crippen LogP contribution < -0.4 is 4.90 Å². The largest absolute Gasteiger partial charge is 0.315 e. The van der Waals surface area contributed by atoms with Crippen molar-refractivity contribution in [1.29, 1.82) is 0 Å². The smallest absolute Gasteiger partial charge is 0.250 e. The lowest BCUT2D eigenvalue weighted by Gasteiger charge is -2.32. The Morgan fingerprint density at radius 3 is 2.81 bits per heavy atom. The molecule has 0 aliphatic carbocycles. The van der Waals surface area contributed by atoms with Crippen molar-refractivity contribution in [2.24, 2.45) is 0 Å². The number of carbonyl (C=O) groups is 2. The van der Waals surface area contributed by atoms with Crippen LogP contribution >= 0.6 is 11.8 Å². The summed E-state index contributed by atoms with van der Waals surface area (Å²) >= 11 is 1.74. The van der Waals surface area contributed by atoms with Gasteiger partial charge >= 0.3 is 0 Å². The van der Waals surface area contributed by atoms with Crippen LogP contribution in [0.15, 0.2) is 30.3 Å². The monoisotopic (exact) mass is 304 g/mol. The summed E-state index contributed by atoms with van der Waals surface area (Å²) in [5.41, 5.74) is 0.898. The number of fused-ring (bicyclic) bond motifs is 1. The topological polar surface area (TPSA) is 40.6 Å². The molecule has 2 unspecified atom stereocenters. The van der Waals surface area contributed by atoms with E-state index in [4.69, 9.17) is 0 Å². The van der Waals surface area contributed by atoms with Crippen molar-refractivity contribution in [3.63, 3.8) is 0 Å². The molecule has 2 aliphatic rings.